The van der Waals surface area contributed by atoms with Crippen LogP contribution in [0.2, 0.25) is 0 Å². The Morgan fingerprint density at radius 3 is 2.70 bits per heavy atom. The van der Waals surface area contributed by atoms with Crippen molar-refractivity contribution in [2.24, 2.45) is 0 Å². The minimum absolute atomic E-state index is 0.0718. The van der Waals surface area contributed by atoms with Crippen LogP contribution in [0.5, 0.6) is 0 Å². The van der Waals surface area contributed by atoms with Crippen LogP contribution in [0, 0.1) is 11.3 Å². The first kappa shape index (κ1) is 6.29. The van der Waals surface area contributed by atoms with Crippen LogP contribution in [-0.2, 0) is 0 Å². The molecule has 1 aromatic rings. The van der Waals surface area contributed by atoms with Crippen LogP contribution in [-0.4, -0.2) is 9.97 Å². The third kappa shape index (κ3) is 0.951. The lowest BCUT2D eigenvalue weighted by molar-refractivity contribution is 1.18. The van der Waals surface area contributed by atoms with Gasteiger partial charge in [-0.2, -0.15) is 5.26 Å². The van der Waals surface area contributed by atoms with E-state index in [4.69, 9.17) is 16.7 Å². The molecular weight excluding hydrogens is 130 g/mol. The van der Waals surface area contributed by atoms with Crippen LogP contribution in [0.4, 0.5) is 11.6 Å². The molecule has 0 aliphatic rings. The highest BCUT2D eigenvalue weighted by Crippen LogP contribution is 2.04. The second-order valence-corrected chi connectivity index (χ2v) is 1.64. The quantitative estimate of drug-likeness (QED) is 0.499. The van der Waals surface area contributed by atoms with Crippen LogP contribution in [0.15, 0.2) is 6.20 Å². The zero-order chi connectivity index (χ0) is 7.56. The number of nitriles is 1. The summed E-state index contributed by atoms with van der Waals surface area (Å²) in [6.07, 6.45) is 1.29. The van der Waals surface area contributed by atoms with E-state index in [9.17, 15) is 0 Å². The fourth-order valence-electron chi connectivity index (χ4n) is 0.504. The van der Waals surface area contributed by atoms with Gasteiger partial charge in [0, 0.05) is 0 Å². The Balaban J connectivity index is 3.23. The highest BCUT2D eigenvalue weighted by Gasteiger charge is 1.98. The van der Waals surface area contributed by atoms with Gasteiger partial charge in [0.25, 0.3) is 0 Å². The van der Waals surface area contributed by atoms with Crippen LogP contribution in [0.25, 0.3) is 0 Å². The summed E-state index contributed by atoms with van der Waals surface area (Å²) in [6, 6.07) is 1.77. The summed E-state index contributed by atoms with van der Waals surface area (Å²) in [5, 5.41) is 8.34. The largest absolute Gasteiger partial charge is 0.382 e. The normalized spacial score (nSPS) is 8.70. The van der Waals surface area contributed by atoms with Gasteiger partial charge < -0.3 is 11.5 Å². The van der Waals surface area contributed by atoms with E-state index in [1.54, 1.807) is 6.07 Å². The lowest BCUT2D eigenvalue weighted by Gasteiger charge is -1.94. The topological polar surface area (TPSA) is 102 Å². The predicted octanol–water partition coefficient (Wildman–Crippen LogP) is -0.487. The molecule has 0 aromatic carbocycles. The van der Waals surface area contributed by atoms with Crippen molar-refractivity contribution in [2.75, 3.05) is 11.5 Å². The summed E-state index contributed by atoms with van der Waals surface area (Å²) in [7, 11) is 0. The van der Waals surface area contributed by atoms with Crippen molar-refractivity contribution in [3.8, 4) is 6.07 Å². The first-order valence-corrected chi connectivity index (χ1v) is 2.52. The van der Waals surface area contributed by atoms with E-state index in [2.05, 4.69) is 9.97 Å². The number of hydrogen-bond donors (Lipinski definition) is 2. The van der Waals surface area contributed by atoms with E-state index >= 15 is 0 Å². The molecule has 50 valence electrons. The maximum atomic E-state index is 8.34. The average Bonchev–Trinajstić information content (AvgIpc) is 1.88. The van der Waals surface area contributed by atoms with Crippen molar-refractivity contribution >= 4 is 11.6 Å². The third-order valence-electron chi connectivity index (χ3n) is 0.924. The fraction of sp³-hybridized carbons (Fsp3) is 0. The van der Waals surface area contributed by atoms with Gasteiger partial charge in [0.2, 0.25) is 0 Å². The second kappa shape index (κ2) is 2.19. The molecule has 4 N–H and O–H groups in total. The summed E-state index contributed by atoms with van der Waals surface area (Å²) in [5.74, 6) is 0.291. The summed E-state index contributed by atoms with van der Waals surface area (Å²) < 4.78 is 0. The van der Waals surface area contributed by atoms with Gasteiger partial charge in [-0.15, -0.1) is 0 Å². The minimum atomic E-state index is 0.0718. The van der Waals surface area contributed by atoms with E-state index in [0.717, 1.165) is 0 Å². The van der Waals surface area contributed by atoms with Crippen molar-refractivity contribution < 1.29 is 0 Å². The lowest BCUT2D eigenvalue weighted by Crippen LogP contribution is -2.00. The number of rotatable bonds is 0. The number of nitrogen functional groups attached to an aromatic ring is 2. The SMILES string of the molecule is N#Cc1ncc(N)nc1N. The Labute approximate surface area is 57.3 Å². The Morgan fingerprint density at radius 2 is 2.20 bits per heavy atom. The van der Waals surface area contributed by atoms with E-state index in [-0.39, 0.29) is 17.3 Å². The molecule has 0 amide bonds. The summed E-state index contributed by atoms with van der Waals surface area (Å²) in [5.41, 5.74) is 10.6. The minimum Gasteiger partial charge on any atom is -0.382 e. The fourth-order valence-corrected chi connectivity index (χ4v) is 0.504. The molecular formula is C5H5N5. The Kier molecular flexibility index (Phi) is 1.38. The monoisotopic (exact) mass is 135 g/mol. The molecule has 1 rings (SSSR count). The average molecular weight is 135 g/mol. The van der Waals surface area contributed by atoms with Crippen molar-refractivity contribution in [2.45, 2.75) is 0 Å². The van der Waals surface area contributed by atoms with Gasteiger partial charge in [-0.3, -0.25) is 0 Å². The standard InChI is InChI=1S/C5H5N5/c6-1-3-5(8)10-4(7)2-9-3/h2H,(H4,7,8,10). The number of anilines is 2. The summed E-state index contributed by atoms with van der Waals surface area (Å²) in [4.78, 5) is 7.24. The van der Waals surface area contributed by atoms with Crippen LogP contribution in [0.3, 0.4) is 0 Å². The van der Waals surface area contributed by atoms with Crippen LogP contribution >= 0.6 is 0 Å². The summed E-state index contributed by atoms with van der Waals surface area (Å²) in [6.45, 7) is 0. The number of hydrogen-bond acceptors (Lipinski definition) is 5. The molecule has 0 unspecified atom stereocenters. The number of aromatic nitrogens is 2. The van der Waals surface area contributed by atoms with E-state index in [0.29, 0.717) is 0 Å². The highest BCUT2D eigenvalue weighted by atomic mass is 15.0. The van der Waals surface area contributed by atoms with Gasteiger partial charge in [0.05, 0.1) is 6.20 Å². The van der Waals surface area contributed by atoms with Gasteiger partial charge in [-0.25, -0.2) is 9.97 Å². The van der Waals surface area contributed by atoms with Gasteiger partial charge in [0.1, 0.15) is 11.9 Å². The first-order valence-electron chi connectivity index (χ1n) is 2.52. The van der Waals surface area contributed by atoms with Crippen molar-refractivity contribution in [3.05, 3.63) is 11.9 Å². The number of nitrogens with two attached hydrogens (primary N) is 2. The summed E-state index contributed by atoms with van der Waals surface area (Å²) >= 11 is 0. The molecule has 0 saturated carbocycles. The molecule has 5 heteroatoms. The van der Waals surface area contributed by atoms with Crippen LogP contribution in [0.1, 0.15) is 5.69 Å². The third-order valence-corrected chi connectivity index (χ3v) is 0.924. The zero-order valence-electron chi connectivity index (χ0n) is 5.07. The van der Waals surface area contributed by atoms with Gasteiger partial charge in [-0.05, 0) is 0 Å². The first-order chi connectivity index (χ1) is 4.74. The predicted molar refractivity (Wildman–Crippen MR) is 35.6 cm³/mol. The molecule has 1 heterocycles. The van der Waals surface area contributed by atoms with Gasteiger partial charge in [0.15, 0.2) is 11.5 Å². The maximum absolute atomic E-state index is 8.34. The zero-order valence-corrected chi connectivity index (χ0v) is 5.07. The molecule has 0 aliphatic carbocycles. The highest BCUT2D eigenvalue weighted by molar-refractivity contribution is 5.46. The molecule has 1 aromatic heterocycles. The lowest BCUT2D eigenvalue weighted by atomic mass is 10.4. The Bertz CT molecular complexity index is 287. The van der Waals surface area contributed by atoms with Gasteiger partial charge in [-0.1, -0.05) is 0 Å². The van der Waals surface area contributed by atoms with E-state index in [1.807, 2.05) is 0 Å². The Hall–Kier alpha value is -1.83. The molecule has 0 atom stereocenters. The second-order valence-electron chi connectivity index (χ2n) is 1.64. The molecule has 5 nitrogen and oxygen atoms in total. The molecule has 0 radical (unpaired) electrons. The van der Waals surface area contributed by atoms with Crippen molar-refractivity contribution in [3.63, 3.8) is 0 Å². The maximum Gasteiger partial charge on any atom is 0.182 e. The molecule has 0 fully saturated rings. The van der Waals surface area contributed by atoms with Gasteiger partial charge >= 0.3 is 0 Å². The van der Waals surface area contributed by atoms with Crippen molar-refractivity contribution in [1.29, 1.82) is 5.26 Å². The molecule has 0 aliphatic heterocycles. The Morgan fingerprint density at radius 1 is 1.50 bits per heavy atom. The molecule has 10 heavy (non-hydrogen) atoms. The van der Waals surface area contributed by atoms with E-state index in [1.165, 1.54) is 6.20 Å². The molecule has 0 spiro atoms. The van der Waals surface area contributed by atoms with Crippen LogP contribution < -0.4 is 11.5 Å². The molecule has 0 bridgehead atoms. The van der Waals surface area contributed by atoms with Crippen molar-refractivity contribution in [1.82, 2.24) is 9.97 Å². The smallest absolute Gasteiger partial charge is 0.182 e. The van der Waals surface area contributed by atoms with E-state index < -0.39 is 0 Å². The molecule has 0 saturated heterocycles. The number of nitrogens with zero attached hydrogens (tertiary/aromatic N) is 3.